The van der Waals surface area contributed by atoms with E-state index in [1.165, 1.54) is 32.1 Å². The lowest BCUT2D eigenvalue weighted by Crippen LogP contribution is -2.11. The summed E-state index contributed by atoms with van der Waals surface area (Å²) >= 11 is 0. The summed E-state index contributed by atoms with van der Waals surface area (Å²) in [5.41, 5.74) is 0. The van der Waals surface area contributed by atoms with Crippen LogP contribution >= 0.6 is 0 Å². The van der Waals surface area contributed by atoms with Crippen LogP contribution < -0.4 is 0 Å². The summed E-state index contributed by atoms with van der Waals surface area (Å²) in [6.45, 7) is 10.6. The lowest BCUT2D eigenvalue weighted by atomic mass is 10.1. The Morgan fingerprint density at radius 1 is 1.00 bits per heavy atom. The molecule has 0 aliphatic heterocycles. The monoisotopic (exact) mass is 210 g/mol. The molecular weight excluding hydrogens is 184 g/mol. The highest BCUT2D eigenvalue weighted by atomic mass is 16.5. The van der Waals surface area contributed by atoms with Crippen molar-refractivity contribution in [1.29, 1.82) is 0 Å². The van der Waals surface area contributed by atoms with E-state index in [-0.39, 0.29) is 0 Å². The van der Waals surface area contributed by atoms with Crippen LogP contribution in [0.1, 0.15) is 51.9 Å². The molecule has 0 saturated heterocycles. The first-order chi connectivity index (χ1) is 7.35. The summed E-state index contributed by atoms with van der Waals surface area (Å²) in [5.74, 6) is 0. The minimum Gasteiger partial charge on any atom is -0.378 e. The fourth-order valence-electron chi connectivity index (χ4n) is 1.56. The fourth-order valence-corrected chi connectivity index (χ4v) is 1.56. The first-order valence-corrected chi connectivity index (χ1v) is 6.18. The highest BCUT2D eigenvalue weighted by Gasteiger charge is 2.03. The van der Waals surface area contributed by atoms with Crippen LogP contribution in [-0.4, -0.2) is 12.7 Å². The van der Waals surface area contributed by atoms with Gasteiger partial charge in [0.05, 0.1) is 6.10 Å². The largest absolute Gasteiger partial charge is 0.378 e. The second-order valence-electron chi connectivity index (χ2n) is 3.96. The first kappa shape index (κ1) is 14.4. The Morgan fingerprint density at radius 3 is 2.13 bits per heavy atom. The summed E-state index contributed by atoms with van der Waals surface area (Å²) in [4.78, 5) is 0. The van der Waals surface area contributed by atoms with E-state index in [0.717, 1.165) is 19.4 Å². The smallest absolute Gasteiger partial charge is 0.0643 e. The Balaban J connectivity index is 3.35. The van der Waals surface area contributed by atoms with Crippen LogP contribution in [0.2, 0.25) is 0 Å². The van der Waals surface area contributed by atoms with Gasteiger partial charge in [-0.1, -0.05) is 44.8 Å². The molecule has 0 rings (SSSR count). The number of unbranched alkanes of at least 4 members (excludes halogenated alkanes) is 4. The lowest BCUT2D eigenvalue weighted by Gasteiger charge is -2.14. The van der Waals surface area contributed by atoms with Crippen LogP contribution in [0, 0.1) is 0 Å². The summed E-state index contributed by atoms with van der Waals surface area (Å²) in [6.07, 6.45) is 12.5. The molecule has 0 aromatic carbocycles. The quantitative estimate of drug-likeness (QED) is 0.360. The third-order valence-electron chi connectivity index (χ3n) is 2.46. The molecule has 0 N–H and O–H groups in total. The van der Waals surface area contributed by atoms with E-state index < -0.39 is 0 Å². The van der Waals surface area contributed by atoms with Gasteiger partial charge in [0.25, 0.3) is 0 Å². The van der Waals surface area contributed by atoms with E-state index >= 15 is 0 Å². The Hall–Kier alpha value is -0.560. The zero-order valence-electron chi connectivity index (χ0n) is 10.2. The second-order valence-corrected chi connectivity index (χ2v) is 3.96. The molecule has 0 aromatic rings. The summed E-state index contributed by atoms with van der Waals surface area (Å²) in [7, 11) is 0. The molecule has 0 radical (unpaired) electrons. The molecule has 0 atom stereocenters. The van der Waals surface area contributed by atoms with E-state index in [1.807, 2.05) is 12.2 Å². The van der Waals surface area contributed by atoms with Gasteiger partial charge in [-0.05, 0) is 19.3 Å². The molecule has 15 heavy (non-hydrogen) atoms. The Kier molecular flexibility index (Phi) is 11.1. The average Bonchev–Trinajstić information content (AvgIpc) is 2.24. The van der Waals surface area contributed by atoms with Gasteiger partial charge in [0.15, 0.2) is 0 Å². The number of rotatable bonds is 11. The Labute approximate surface area is 95.2 Å². The van der Waals surface area contributed by atoms with E-state index in [0.29, 0.717) is 6.10 Å². The molecule has 0 bridgehead atoms. The molecule has 0 unspecified atom stereocenters. The normalized spacial score (nSPS) is 10.5. The summed E-state index contributed by atoms with van der Waals surface area (Å²) in [5, 5.41) is 0. The van der Waals surface area contributed by atoms with E-state index in [4.69, 9.17) is 4.74 Å². The lowest BCUT2D eigenvalue weighted by molar-refractivity contribution is 0.0547. The van der Waals surface area contributed by atoms with Gasteiger partial charge in [-0.25, -0.2) is 0 Å². The average molecular weight is 210 g/mol. The molecule has 0 heterocycles. The van der Waals surface area contributed by atoms with Gasteiger partial charge >= 0.3 is 0 Å². The number of hydrogen-bond acceptors (Lipinski definition) is 1. The van der Waals surface area contributed by atoms with Gasteiger partial charge in [0.2, 0.25) is 0 Å². The van der Waals surface area contributed by atoms with Crippen molar-refractivity contribution in [1.82, 2.24) is 0 Å². The molecule has 0 saturated carbocycles. The van der Waals surface area contributed by atoms with Crippen LogP contribution in [-0.2, 0) is 4.74 Å². The second kappa shape index (κ2) is 11.5. The van der Waals surface area contributed by atoms with Crippen molar-refractivity contribution in [2.75, 3.05) is 6.61 Å². The van der Waals surface area contributed by atoms with Crippen molar-refractivity contribution < 1.29 is 4.74 Å². The van der Waals surface area contributed by atoms with Crippen molar-refractivity contribution in [2.45, 2.75) is 58.0 Å². The molecule has 0 amide bonds. The molecule has 0 fully saturated rings. The van der Waals surface area contributed by atoms with Crippen LogP contribution in [0.15, 0.2) is 25.3 Å². The molecule has 1 nitrogen and oxygen atoms in total. The number of ether oxygens (including phenoxy) is 1. The highest BCUT2D eigenvalue weighted by molar-refractivity contribution is 4.80. The van der Waals surface area contributed by atoms with Gasteiger partial charge in [-0.3, -0.25) is 0 Å². The molecule has 0 aliphatic carbocycles. The van der Waals surface area contributed by atoms with Crippen molar-refractivity contribution in [3.63, 3.8) is 0 Å². The van der Waals surface area contributed by atoms with Crippen molar-refractivity contribution in [2.24, 2.45) is 0 Å². The van der Waals surface area contributed by atoms with Crippen molar-refractivity contribution >= 4 is 0 Å². The van der Waals surface area contributed by atoms with E-state index in [2.05, 4.69) is 20.1 Å². The number of hydrogen-bond donors (Lipinski definition) is 0. The van der Waals surface area contributed by atoms with Crippen LogP contribution in [0.5, 0.6) is 0 Å². The van der Waals surface area contributed by atoms with Gasteiger partial charge in [0, 0.05) is 6.61 Å². The van der Waals surface area contributed by atoms with Crippen molar-refractivity contribution in [3.05, 3.63) is 25.3 Å². The molecule has 0 spiro atoms. The Bertz CT molecular complexity index is 141. The molecular formula is C14H26O. The van der Waals surface area contributed by atoms with Crippen LogP contribution in [0.4, 0.5) is 0 Å². The maximum absolute atomic E-state index is 5.76. The van der Waals surface area contributed by atoms with Gasteiger partial charge in [-0.2, -0.15) is 0 Å². The first-order valence-electron chi connectivity index (χ1n) is 6.18. The van der Waals surface area contributed by atoms with Gasteiger partial charge in [0.1, 0.15) is 0 Å². The Morgan fingerprint density at radius 2 is 1.60 bits per heavy atom. The summed E-state index contributed by atoms with van der Waals surface area (Å²) < 4.78 is 5.76. The minimum atomic E-state index is 0.297. The van der Waals surface area contributed by atoms with Crippen LogP contribution in [0.3, 0.4) is 0 Å². The zero-order chi connectivity index (χ0) is 11.4. The van der Waals surface area contributed by atoms with Gasteiger partial charge in [-0.15, -0.1) is 13.2 Å². The maximum atomic E-state index is 5.76. The molecule has 0 aromatic heterocycles. The molecule has 1 heteroatoms. The molecule has 0 aliphatic rings. The third-order valence-corrected chi connectivity index (χ3v) is 2.46. The highest BCUT2D eigenvalue weighted by Crippen LogP contribution is 2.08. The van der Waals surface area contributed by atoms with Gasteiger partial charge < -0.3 is 4.74 Å². The predicted octanol–water partition coefficient (Wildman–Crippen LogP) is 4.49. The fraction of sp³-hybridized carbons (Fsp3) is 0.714. The molecule has 88 valence electrons. The van der Waals surface area contributed by atoms with E-state index in [1.54, 1.807) is 0 Å². The zero-order valence-corrected chi connectivity index (χ0v) is 10.2. The van der Waals surface area contributed by atoms with E-state index in [9.17, 15) is 0 Å². The minimum absolute atomic E-state index is 0.297. The maximum Gasteiger partial charge on any atom is 0.0643 e. The van der Waals surface area contributed by atoms with Crippen molar-refractivity contribution in [3.8, 4) is 0 Å². The summed E-state index contributed by atoms with van der Waals surface area (Å²) in [6, 6.07) is 0. The standard InChI is InChI=1S/C14H26O/c1-4-7-8-9-10-13-15-14(11-5-2)12-6-3/h5-6,14H,2-4,7-13H2,1H3. The SMILES string of the molecule is C=CCC(CC=C)OCCCCCCC. The predicted molar refractivity (Wildman–Crippen MR) is 68.1 cm³/mol. The van der Waals surface area contributed by atoms with Crippen LogP contribution in [0.25, 0.3) is 0 Å². The topological polar surface area (TPSA) is 9.23 Å². The third kappa shape index (κ3) is 9.74.